The molecule has 0 aromatic heterocycles. The fraction of sp³-hybridized carbons (Fsp3) is 0.385. The summed E-state index contributed by atoms with van der Waals surface area (Å²) in [6.07, 6.45) is 0. The molecule has 19 heavy (non-hydrogen) atoms. The number of hydrogen-bond donors (Lipinski definition) is 1. The maximum atomic E-state index is 12.2. The molecule has 6 heteroatoms. The lowest BCUT2D eigenvalue weighted by atomic mass is 10.1. The Bertz CT molecular complexity index is 471. The Morgan fingerprint density at radius 1 is 1.42 bits per heavy atom. The molecule has 0 aliphatic rings. The van der Waals surface area contributed by atoms with Crippen molar-refractivity contribution in [3.63, 3.8) is 0 Å². The largest absolute Gasteiger partial charge is 0.469 e. The van der Waals surface area contributed by atoms with Crippen LogP contribution in [0.15, 0.2) is 22.7 Å². The number of nitrogen functional groups attached to an aromatic ring is 1. The number of nitrogens with two attached hydrogens (primary N) is 1. The van der Waals surface area contributed by atoms with Gasteiger partial charge in [-0.25, -0.2) is 0 Å². The van der Waals surface area contributed by atoms with E-state index in [1.165, 1.54) is 12.0 Å². The van der Waals surface area contributed by atoms with Gasteiger partial charge in [-0.2, -0.15) is 0 Å². The van der Waals surface area contributed by atoms with Crippen molar-refractivity contribution >= 4 is 33.5 Å². The Balaban J connectivity index is 2.79. The molecular weight excluding hydrogens is 312 g/mol. The molecule has 0 saturated carbocycles. The number of halogens is 1. The zero-order chi connectivity index (χ0) is 14.6. The Morgan fingerprint density at radius 3 is 2.58 bits per heavy atom. The fourth-order valence-electron chi connectivity index (χ4n) is 1.73. The lowest BCUT2D eigenvalue weighted by molar-refractivity contribution is -0.145. The minimum atomic E-state index is -0.372. The van der Waals surface area contributed by atoms with E-state index in [-0.39, 0.29) is 24.3 Å². The highest BCUT2D eigenvalue weighted by Gasteiger charge is 2.20. The van der Waals surface area contributed by atoms with Crippen LogP contribution >= 0.6 is 15.9 Å². The molecule has 0 saturated heterocycles. The number of rotatable bonds is 4. The molecule has 5 nitrogen and oxygen atoms in total. The van der Waals surface area contributed by atoms with Gasteiger partial charge in [-0.1, -0.05) is 22.9 Å². The van der Waals surface area contributed by atoms with E-state index in [9.17, 15) is 9.59 Å². The van der Waals surface area contributed by atoms with Crippen LogP contribution in [0.1, 0.15) is 17.3 Å². The Morgan fingerprint density at radius 2 is 2.05 bits per heavy atom. The molecule has 1 aromatic rings. The number of carbonyl (C=O) groups is 2. The van der Waals surface area contributed by atoms with Gasteiger partial charge < -0.3 is 15.4 Å². The van der Waals surface area contributed by atoms with E-state index in [0.717, 1.165) is 4.47 Å². The first-order valence-corrected chi connectivity index (χ1v) is 6.53. The van der Waals surface area contributed by atoms with Crippen LogP contribution in [0, 0.1) is 5.92 Å². The first-order chi connectivity index (χ1) is 8.85. The molecule has 0 aliphatic carbocycles. The van der Waals surface area contributed by atoms with Gasteiger partial charge in [0.05, 0.1) is 13.0 Å². The summed E-state index contributed by atoms with van der Waals surface area (Å²) >= 11 is 3.29. The highest BCUT2D eigenvalue weighted by atomic mass is 79.9. The van der Waals surface area contributed by atoms with E-state index in [1.54, 1.807) is 32.2 Å². The van der Waals surface area contributed by atoms with Gasteiger partial charge in [0.1, 0.15) is 0 Å². The highest BCUT2D eigenvalue weighted by molar-refractivity contribution is 9.10. The lowest BCUT2D eigenvalue weighted by Gasteiger charge is -2.20. The van der Waals surface area contributed by atoms with Gasteiger partial charge in [0.2, 0.25) is 0 Å². The summed E-state index contributed by atoms with van der Waals surface area (Å²) in [4.78, 5) is 25.0. The summed E-state index contributed by atoms with van der Waals surface area (Å²) < 4.78 is 5.37. The van der Waals surface area contributed by atoms with Gasteiger partial charge in [-0.3, -0.25) is 9.59 Å². The minimum absolute atomic E-state index is 0.191. The third kappa shape index (κ3) is 4.24. The SMILES string of the molecule is COC(=O)C(C)CN(C)C(=O)c1cc(N)cc(Br)c1. The van der Waals surface area contributed by atoms with E-state index in [0.29, 0.717) is 11.3 Å². The molecule has 1 aromatic carbocycles. The van der Waals surface area contributed by atoms with Gasteiger partial charge >= 0.3 is 5.97 Å². The molecule has 104 valence electrons. The number of anilines is 1. The second-order valence-electron chi connectivity index (χ2n) is 4.38. The van der Waals surface area contributed by atoms with Crippen molar-refractivity contribution in [3.05, 3.63) is 28.2 Å². The van der Waals surface area contributed by atoms with Crippen LogP contribution in [0.3, 0.4) is 0 Å². The summed E-state index contributed by atoms with van der Waals surface area (Å²) in [6.45, 7) is 2.00. The van der Waals surface area contributed by atoms with Gasteiger partial charge in [-0.05, 0) is 18.2 Å². The second kappa shape index (κ2) is 6.56. The number of ether oxygens (including phenoxy) is 1. The van der Waals surface area contributed by atoms with Crippen LogP contribution < -0.4 is 5.73 Å². The van der Waals surface area contributed by atoms with E-state index < -0.39 is 0 Å². The molecule has 0 bridgehead atoms. The molecule has 1 unspecified atom stereocenters. The van der Waals surface area contributed by atoms with Crippen LogP contribution in [0.4, 0.5) is 5.69 Å². The maximum absolute atomic E-state index is 12.2. The van der Waals surface area contributed by atoms with E-state index in [2.05, 4.69) is 20.7 Å². The molecule has 0 fully saturated rings. The van der Waals surface area contributed by atoms with Crippen molar-refractivity contribution < 1.29 is 14.3 Å². The van der Waals surface area contributed by atoms with E-state index in [4.69, 9.17) is 5.73 Å². The Labute approximate surface area is 120 Å². The second-order valence-corrected chi connectivity index (χ2v) is 5.30. The average Bonchev–Trinajstić information content (AvgIpc) is 2.35. The first-order valence-electron chi connectivity index (χ1n) is 5.74. The number of esters is 1. The molecular formula is C13H17BrN2O3. The topological polar surface area (TPSA) is 72.6 Å². The first kappa shape index (κ1) is 15.5. The number of hydrogen-bond acceptors (Lipinski definition) is 4. The zero-order valence-corrected chi connectivity index (χ0v) is 12.7. The summed E-state index contributed by atoms with van der Waals surface area (Å²) in [5.74, 6) is -0.902. The maximum Gasteiger partial charge on any atom is 0.310 e. The van der Waals surface area contributed by atoms with Crippen LogP contribution in [-0.4, -0.2) is 37.5 Å². The third-order valence-electron chi connectivity index (χ3n) is 2.67. The van der Waals surface area contributed by atoms with E-state index >= 15 is 0 Å². The predicted molar refractivity (Wildman–Crippen MR) is 76.7 cm³/mol. The van der Waals surface area contributed by atoms with Crippen molar-refractivity contribution in [2.75, 3.05) is 26.4 Å². The van der Waals surface area contributed by atoms with Crippen LogP contribution in [0.25, 0.3) is 0 Å². The number of nitrogens with zero attached hydrogens (tertiary/aromatic N) is 1. The van der Waals surface area contributed by atoms with Crippen LogP contribution in [-0.2, 0) is 9.53 Å². The number of amides is 1. The Kier molecular flexibility index (Phi) is 5.35. The van der Waals surface area contributed by atoms with Gasteiger partial charge in [0, 0.05) is 29.3 Å². The van der Waals surface area contributed by atoms with E-state index in [1.807, 2.05) is 0 Å². The van der Waals surface area contributed by atoms with Crippen molar-refractivity contribution in [3.8, 4) is 0 Å². The molecule has 0 radical (unpaired) electrons. The number of carbonyl (C=O) groups excluding carboxylic acids is 2. The van der Waals surface area contributed by atoms with Gasteiger partial charge in [0.15, 0.2) is 0 Å². The molecule has 1 atom stereocenters. The quantitative estimate of drug-likeness (QED) is 0.677. The standard InChI is InChI=1S/C13H17BrN2O3/c1-8(13(18)19-3)7-16(2)12(17)9-4-10(14)6-11(15)5-9/h4-6,8H,7,15H2,1-3H3. The smallest absolute Gasteiger partial charge is 0.310 e. The number of benzene rings is 1. The molecule has 1 rings (SSSR count). The number of methoxy groups -OCH3 is 1. The van der Waals surface area contributed by atoms with Crippen LogP contribution in [0.2, 0.25) is 0 Å². The van der Waals surface area contributed by atoms with Gasteiger partial charge in [-0.15, -0.1) is 0 Å². The summed E-state index contributed by atoms with van der Waals surface area (Å²) in [6, 6.07) is 5.01. The van der Waals surface area contributed by atoms with Crippen molar-refractivity contribution in [2.24, 2.45) is 5.92 Å². The van der Waals surface area contributed by atoms with Gasteiger partial charge in [0.25, 0.3) is 5.91 Å². The van der Waals surface area contributed by atoms with Crippen molar-refractivity contribution in [2.45, 2.75) is 6.92 Å². The third-order valence-corrected chi connectivity index (χ3v) is 3.12. The summed E-state index contributed by atoms with van der Waals surface area (Å²) in [5, 5.41) is 0. The lowest BCUT2D eigenvalue weighted by Crippen LogP contribution is -2.34. The summed E-state index contributed by atoms with van der Waals surface area (Å²) in [7, 11) is 2.97. The fourth-order valence-corrected chi connectivity index (χ4v) is 2.24. The zero-order valence-electron chi connectivity index (χ0n) is 11.1. The monoisotopic (exact) mass is 328 g/mol. The highest BCUT2D eigenvalue weighted by Crippen LogP contribution is 2.18. The summed E-state index contributed by atoms with van der Waals surface area (Å²) in [5.41, 5.74) is 6.68. The molecule has 0 spiro atoms. The Hall–Kier alpha value is -1.56. The average molecular weight is 329 g/mol. The molecule has 2 N–H and O–H groups in total. The molecule has 1 amide bonds. The molecule has 0 aliphatic heterocycles. The minimum Gasteiger partial charge on any atom is -0.469 e. The van der Waals surface area contributed by atoms with Crippen molar-refractivity contribution in [1.82, 2.24) is 4.90 Å². The van der Waals surface area contributed by atoms with Crippen LogP contribution in [0.5, 0.6) is 0 Å². The normalized spacial score (nSPS) is 11.8. The molecule has 0 heterocycles. The van der Waals surface area contributed by atoms with Crippen molar-refractivity contribution in [1.29, 1.82) is 0 Å². The predicted octanol–water partition coefficient (Wildman–Crippen LogP) is 1.91.